The van der Waals surface area contributed by atoms with E-state index in [0.29, 0.717) is 21.6 Å². The van der Waals surface area contributed by atoms with Crippen molar-refractivity contribution in [3.63, 3.8) is 0 Å². The Kier molecular flexibility index (Phi) is 4.03. The van der Waals surface area contributed by atoms with Crippen molar-refractivity contribution in [3.05, 3.63) is 56.5 Å². The Hall–Kier alpha value is -1.00. The van der Waals surface area contributed by atoms with Crippen molar-refractivity contribution in [3.8, 4) is 0 Å². The number of rotatable bonds is 3. The second-order valence-corrected chi connectivity index (χ2v) is 6.51. The third kappa shape index (κ3) is 2.86. The van der Waals surface area contributed by atoms with Crippen LogP contribution in [0.25, 0.3) is 10.2 Å². The van der Waals surface area contributed by atoms with Crippen molar-refractivity contribution in [2.24, 2.45) is 0 Å². The van der Waals surface area contributed by atoms with E-state index in [9.17, 15) is 0 Å². The number of thiazole rings is 1. The highest BCUT2D eigenvalue weighted by Crippen LogP contribution is 2.32. The van der Waals surface area contributed by atoms with Crippen LogP contribution in [-0.4, -0.2) is 4.98 Å². The molecule has 0 spiro atoms. The van der Waals surface area contributed by atoms with E-state index in [2.05, 4.69) is 16.4 Å². The van der Waals surface area contributed by atoms with Crippen LogP contribution in [0.5, 0.6) is 0 Å². The number of aromatic nitrogens is 1. The third-order valence-electron chi connectivity index (χ3n) is 2.78. The number of hydrogen-bond acceptors (Lipinski definition) is 3. The van der Waals surface area contributed by atoms with Gasteiger partial charge in [0.25, 0.3) is 0 Å². The summed E-state index contributed by atoms with van der Waals surface area (Å²) < 4.78 is 1.17. The summed E-state index contributed by atoms with van der Waals surface area (Å²) in [7, 11) is 0. The molecule has 0 amide bonds. The molecule has 3 aromatic rings. The Morgan fingerprint density at radius 3 is 2.55 bits per heavy atom. The molecule has 3 rings (SSSR count). The van der Waals surface area contributed by atoms with Crippen molar-refractivity contribution in [1.29, 1.82) is 0 Å². The number of anilines is 1. The predicted molar refractivity (Wildman–Crippen MR) is 88.4 cm³/mol. The van der Waals surface area contributed by atoms with Crippen LogP contribution in [0.3, 0.4) is 0 Å². The molecule has 0 aliphatic carbocycles. The van der Waals surface area contributed by atoms with Crippen molar-refractivity contribution in [2.45, 2.75) is 6.54 Å². The minimum Gasteiger partial charge on any atom is -0.377 e. The van der Waals surface area contributed by atoms with E-state index in [1.54, 1.807) is 23.5 Å². The van der Waals surface area contributed by atoms with Gasteiger partial charge in [-0.3, -0.25) is 0 Å². The first-order chi connectivity index (χ1) is 9.63. The molecular weight excluding hydrogens is 335 g/mol. The van der Waals surface area contributed by atoms with Gasteiger partial charge in [-0.2, -0.15) is 0 Å². The van der Waals surface area contributed by atoms with E-state index in [0.717, 1.165) is 16.2 Å². The molecule has 0 saturated heterocycles. The minimum atomic E-state index is 0.446. The molecule has 0 fully saturated rings. The lowest BCUT2D eigenvalue weighted by molar-refractivity contribution is 1.12. The lowest BCUT2D eigenvalue weighted by Crippen LogP contribution is -1.99. The van der Waals surface area contributed by atoms with Gasteiger partial charge in [0, 0.05) is 0 Å². The number of halogens is 3. The molecule has 0 unspecified atom stereocenters. The molecule has 1 N–H and O–H groups in total. The summed E-state index contributed by atoms with van der Waals surface area (Å²) in [5.74, 6) is 0. The fourth-order valence-electron chi connectivity index (χ4n) is 1.82. The van der Waals surface area contributed by atoms with Crippen LogP contribution in [0.1, 0.15) is 5.01 Å². The van der Waals surface area contributed by atoms with Gasteiger partial charge in [-0.15, -0.1) is 11.3 Å². The first kappa shape index (κ1) is 14.0. The van der Waals surface area contributed by atoms with E-state index >= 15 is 0 Å². The van der Waals surface area contributed by atoms with Crippen LogP contribution in [0.15, 0.2) is 36.4 Å². The smallest absolute Gasteiger partial charge is 0.113 e. The number of fused-ring (bicyclic) bond motifs is 1. The van der Waals surface area contributed by atoms with Gasteiger partial charge in [0.2, 0.25) is 0 Å². The molecule has 0 atom stereocenters. The summed E-state index contributed by atoms with van der Waals surface area (Å²) in [4.78, 5) is 4.55. The van der Waals surface area contributed by atoms with Gasteiger partial charge < -0.3 is 5.32 Å². The summed E-state index contributed by atoms with van der Waals surface area (Å²) in [5, 5.41) is 5.69. The van der Waals surface area contributed by atoms with Crippen molar-refractivity contribution in [2.75, 3.05) is 5.32 Å². The van der Waals surface area contributed by atoms with Crippen molar-refractivity contribution < 1.29 is 0 Å². The summed E-state index contributed by atoms with van der Waals surface area (Å²) in [6.07, 6.45) is 0. The fraction of sp³-hybridized carbons (Fsp3) is 0.0714. The summed E-state index contributed by atoms with van der Waals surface area (Å²) in [6.45, 7) is 0.594. The number of para-hydroxylation sites is 1. The number of hydrogen-bond donors (Lipinski definition) is 1. The van der Waals surface area contributed by atoms with Gasteiger partial charge in [-0.25, -0.2) is 4.98 Å². The van der Waals surface area contributed by atoms with Gasteiger partial charge >= 0.3 is 0 Å². The Morgan fingerprint density at radius 1 is 1.00 bits per heavy atom. The van der Waals surface area contributed by atoms with Gasteiger partial charge in [-0.1, -0.05) is 46.9 Å². The third-order valence-corrected chi connectivity index (χ3v) is 4.85. The van der Waals surface area contributed by atoms with Gasteiger partial charge in [0.1, 0.15) is 5.01 Å². The zero-order valence-electron chi connectivity index (χ0n) is 10.2. The van der Waals surface area contributed by atoms with Gasteiger partial charge in [0.05, 0.1) is 37.5 Å². The minimum absolute atomic E-state index is 0.446. The lowest BCUT2D eigenvalue weighted by Gasteiger charge is -2.08. The highest BCUT2D eigenvalue weighted by atomic mass is 35.5. The largest absolute Gasteiger partial charge is 0.377 e. The first-order valence-corrected chi connectivity index (χ1v) is 7.81. The van der Waals surface area contributed by atoms with E-state index in [4.69, 9.17) is 34.8 Å². The van der Waals surface area contributed by atoms with Crippen LogP contribution in [0, 0.1) is 0 Å². The zero-order chi connectivity index (χ0) is 14.1. The van der Waals surface area contributed by atoms with Gasteiger partial charge in [-0.05, 0) is 24.3 Å². The fourth-order valence-corrected chi connectivity index (χ4v) is 3.35. The highest BCUT2D eigenvalue weighted by molar-refractivity contribution is 7.18. The van der Waals surface area contributed by atoms with E-state index < -0.39 is 0 Å². The average Bonchev–Trinajstić information content (AvgIpc) is 2.84. The Balaban J connectivity index is 1.81. The van der Waals surface area contributed by atoms with Crippen LogP contribution in [0.2, 0.25) is 15.1 Å². The van der Waals surface area contributed by atoms with E-state index in [1.165, 1.54) is 4.70 Å². The Labute approximate surface area is 135 Å². The monoisotopic (exact) mass is 342 g/mol. The standard InChI is InChI=1S/C14H9Cl3N2S/c15-8-5-10(17)12(6-9(8)16)18-7-14-19-11-3-1-2-4-13(11)20-14/h1-6,18H,7H2. The van der Waals surface area contributed by atoms with Gasteiger partial charge in [0.15, 0.2) is 0 Å². The van der Waals surface area contributed by atoms with E-state index in [-0.39, 0.29) is 0 Å². The summed E-state index contributed by atoms with van der Waals surface area (Å²) in [5.41, 5.74) is 1.76. The normalized spacial score (nSPS) is 10.9. The number of nitrogens with one attached hydrogen (secondary N) is 1. The topological polar surface area (TPSA) is 24.9 Å². The molecule has 2 aromatic carbocycles. The molecule has 0 aliphatic heterocycles. The predicted octanol–water partition coefficient (Wildman–Crippen LogP) is 5.87. The highest BCUT2D eigenvalue weighted by Gasteiger charge is 2.07. The van der Waals surface area contributed by atoms with Crippen molar-refractivity contribution in [1.82, 2.24) is 4.98 Å². The molecule has 0 bridgehead atoms. The zero-order valence-corrected chi connectivity index (χ0v) is 13.2. The van der Waals surface area contributed by atoms with Crippen LogP contribution < -0.4 is 5.32 Å². The van der Waals surface area contributed by atoms with Crippen LogP contribution >= 0.6 is 46.1 Å². The molecule has 20 heavy (non-hydrogen) atoms. The molecule has 1 aromatic heterocycles. The molecular formula is C14H9Cl3N2S. The molecule has 1 heterocycles. The Bertz CT molecular complexity index is 737. The lowest BCUT2D eigenvalue weighted by atomic mass is 10.3. The quantitative estimate of drug-likeness (QED) is 0.602. The average molecular weight is 344 g/mol. The maximum absolute atomic E-state index is 6.12. The maximum atomic E-state index is 6.12. The van der Waals surface area contributed by atoms with Crippen LogP contribution in [0.4, 0.5) is 5.69 Å². The second kappa shape index (κ2) is 5.78. The number of benzene rings is 2. The number of nitrogens with zero attached hydrogens (tertiary/aromatic N) is 1. The molecule has 6 heteroatoms. The maximum Gasteiger partial charge on any atom is 0.113 e. The molecule has 0 aliphatic rings. The SMILES string of the molecule is Clc1cc(Cl)c(NCc2nc3ccccc3s2)cc1Cl. The van der Waals surface area contributed by atoms with Crippen LogP contribution in [-0.2, 0) is 6.54 Å². The molecule has 102 valence electrons. The summed E-state index contributed by atoms with van der Waals surface area (Å²) in [6, 6.07) is 11.4. The van der Waals surface area contributed by atoms with Crippen molar-refractivity contribution >= 4 is 62.0 Å². The summed E-state index contributed by atoms with van der Waals surface area (Å²) >= 11 is 19.7. The first-order valence-electron chi connectivity index (χ1n) is 5.86. The molecule has 0 radical (unpaired) electrons. The second-order valence-electron chi connectivity index (χ2n) is 4.18. The molecule has 0 saturated carbocycles. The Morgan fingerprint density at radius 2 is 1.75 bits per heavy atom. The van der Waals surface area contributed by atoms with E-state index in [1.807, 2.05) is 18.2 Å². The molecule has 2 nitrogen and oxygen atoms in total.